The minimum Gasteiger partial charge on any atom is -0.305 e. The molecule has 13 heavy (non-hydrogen) atoms. The molecule has 76 valence electrons. The van der Waals surface area contributed by atoms with Gasteiger partial charge in [0.15, 0.2) is 0 Å². The van der Waals surface area contributed by atoms with E-state index in [2.05, 4.69) is 43.8 Å². The Balaban J connectivity index is 2.44. The van der Waals surface area contributed by atoms with Crippen LogP contribution in [0.15, 0.2) is 11.6 Å². The van der Waals surface area contributed by atoms with Gasteiger partial charge in [-0.2, -0.15) is 0 Å². The maximum atomic E-state index is 2.54. The predicted molar refractivity (Wildman–Crippen MR) is 58.0 cm³/mol. The Morgan fingerprint density at radius 2 is 2.15 bits per heavy atom. The maximum Gasteiger partial charge on any atom is 0.0208 e. The van der Waals surface area contributed by atoms with E-state index in [1.807, 2.05) is 0 Å². The van der Waals surface area contributed by atoms with Crippen LogP contribution < -0.4 is 0 Å². The van der Waals surface area contributed by atoms with Crippen LogP contribution in [0.2, 0.25) is 0 Å². The molecule has 0 N–H and O–H groups in total. The van der Waals surface area contributed by atoms with E-state index < -0.39 is 0 Å². The van der Waals surface area contributed by atoms with Gasteiger partial charge in [-0.25, -0.2) is 0 Å². The average Bonchev–Trinajstić information content (AvgIpc) is 2.03. The van der Waals surface area contributed by atoms with Gasteiger partial charge in [0.05, 0.1) is 0 Å². The maximum absolute atomic E-state index is 2.54. The fourth-order valence-corrected chi connectivity index (χ4v) is 1.80. The Bertz CT molecular complexity index is 183. The Kier molecular flexibility index (Phi) is 3.94. The van der Waals surface area contributed by atoms with E-state index in [9.17, 15) is 0 Å². The van der Waals surface area contributed by atoms with Crippen molar-refractivity contribution in [1.29, 1.82) is 0 Å². The van der Waals surface area contributed by atoms with Crippen molar-refractivity contribution in [1.82, 2.24) is 9.80 Å². The molecule has 0 atom stereocenters. The molecule has 0 spiro atoms. The van der Waals surface area contributed by atoms with E-state index in [0.29, 0.717) is 6.04 Å². The molecule has 0 bridgehead atoms. The van der Waals surface area contributed by atoms with Gasteiger partial charge in [-0.05, 0) is 39.9 Å². The zero-order chi connectivity index (χ0) is 9.84. The molecule has 1 heterocycles. The molecule has 1 rings (SSSR count). The van der Waals surface area contributed by atoms with Crippen LogP contribution in [-0.4, -0.2) is 49.6 Å². The summed E-state index contributed by atoms with van der Waals surface area (Å²) in [6.45, 7) is 8.06. The summed E-state index contributed by atoms with van der Waals surface area (Å²) in [7, 11) is 4.27. The molecule has 0 radical (unpaired) electrons. The third-order valence-corrected chi connectivity index (χ3v) is 2.51. The topological polar surface area (TPSA) is 6.48 Å². The molecule has 0 saturated carbocycles. The molecule has 0 saturated heterocycles. The van der Waals surface area contributed by atoms with Crippen LogP contribution in [0.5, 0.6) is 0 Å². The fourth-order valence-electron chi connectivity index (χ4n) is 1.80. The van der Waals surface area contributed by atoms with Crippen LogP contribution in [0.4, 0.5) is 0 Å². The lowest BCUT2D eigenvalue weighted by Gasteiger charge is -2.31. The predicted octanol–water partition coefficient (Wildman–Crippen LogP) is 1.59. The molecule has 0 amide bonds. The van der Waals surface area contributed by atoms with Gasteiger partial charge in [0, 0.05) is 25.7 Å². The number of likely N-dealkylation sites (N-methyl/N-ethyl adjacent to an activating group) is 1. The molecule has 2 heteroatoms. The Labute approximate surface area is 82.2 Å². The highest BCUT2D eigenvalue weighted by molar-refractivity contribution is 5.10. The molecule has 1 aliphatic rings. The number of rotatable bonds is 3. The van der Waals surface area contributed by atoms with Gasteiger partial charge in [0.25, 0.3) is 0 Å². The molecule has 0 unspecified atom stereocenters. The highest BCUT2D eigenvalue weighted by Gasteiger charge is 2.14. The molecular weight excluding hydrogens is 160 g/mol. The molecule has 1 aliphatic heterocycles. The van der Waals surface area contributed by atoms with Gasteiger partial charge in [0.2, 0.25) is 0 Å². The van der Waals surface area contributed by atoms with Crippen LogP contribution >= 0.6 is 0 Å². The van der Waals surface area contributed by atoms with Crippen molar-refractivity contribution in [3.8, 4) is 0 Å². The number of hydrogen-bond donors (Lipinski definition) is 0. The first-order valence-corrected chi connectivity index (χ1v) is 5.16. The molecule has 0 aromatic carbocycles. The molecule has 2 nitrogen and oxygen atoms in total. The number of nitrogens with zero attached hydrogens (tertiary/aromatic N) is 2. The highest BCUT2D eigenvalue weighted by Crippen LogP contribution is 2.12. The van der Waals surface area contributed by atoms with Gasteiger partial charge in [-0.1, -0.05) is 6.08 Å². The van der Waals surface area contributed by atoms with Crippen LogP contribution in [0.1, 0.15) is 20.3 Å². The van der Waals surface area contributed by atoms with Gasteiger partial charge in [0.1, 0.15) is 0 Å². The second kappa shape index (κ2) is 4.77. The molecular formula is C11H22N2. The third kappa shape index (κ3) is 3.49. The second-order valence-electron chi connectivity index (χ2n) is 4.45. The zero-order valence-corrected chi connectivity index (χ0v) is 9.38. The monoisotopic (exact) mass is 182 g/mol. The summed E-state index contributed by atoms with van der Waals surface area (Å²) in [4.78, 5) is 4.79. The van der Waals surface area contributed by atoms with Crippen molar-refractivity contribution in [3.05, 3.63) is 11.6 Å². The lowest BCUT2D eigenvalue weighted by Crippen LogP contribution is -2.37. The smallest absolute Gasteiger partial charge is 0.0208 e. The van der Waals surface area contributed by atoms with E-state index >= 15 is 0 Å². The summed E-state index contributed by atoms with van der Waals surface area (Å²) in [5.41, 5.74) is 1.57. The summed E-state index contributed by atoms with van der Waals surface area (Å²) in [6.07, 6.45) is 3.63. The fraction of sp³-hybridized carbons (Fsp3) is 0.818. The first kappa shape index (κ1) is 10.7. The van der Waals surface area contributed by atoms with Crippen LogP contribution in [0.25, 0.3) is 0 Å². The van der Waals surface area contributed by atoms with Gasteiger partial charge in [-0.3, -0.25) is 4.90 Å². The summed E-state index contributed by atoms with van der Waals surface area (Å²) in [5, 5.41) is 0. The summed E-state index contributed by atoms with van der Waals surface area (Å²) in [5.74, 6) is 0. The highest BCUT2D eigenvalue weighted by atomic mass is 15.2. The minimum atomic E-state index is 0.686. The van der Waals surface area contributed by atoms with Crippen molar-refractivity contribution in [3.63, 3.8) is 0 Å². The average molecular weight is 182 g/mol. The lowest BCUT2D eigenvalue weighted by molar-refractivity contribution is 0.229. The van der Waals surface area contributed by atoms with Gasteiger partial charge < -0.3 is 4.90 Å². The molecule has 0 aromatic rings. The quantitative estimate of drug-likeness (QED) is 0.612. The number of hydrogen-bond acceptors (Lipinski definition) is 2. The van der Waals surface area contributed by atoms with Crippen molar-refractivity contribution in [2.75, 3.05) is 33.7 Å². The van der Waals surface area contributed by atoms with Crippen molar-refractivity contribution in [2.45, 2.75) is 26.3 Å². The van der Waals surface area contributed by atoms with E-state index in [4.69, 9.17) is 0 Å². The zero-order valence-electron chi connectivity index (χ0n) is 9.38. The van der Waals surface area contributed by atoms with Crippen LogP contribution in [-0.2, 0) is 0 Å². The normalized spacial score (nSPS) is 19.7. The first-order chi connectivity index (χ1) is 6.09. The van der Waals surface area contributed by atoms with Gasteiger partial charge in [-0.15, -0.1) is 0 Å². The SMILES string of the molecule is CC(C)N1CCC=C(CN(C)C)C1. The minimum absolute atomic E-state index is 0.686. The standard InChI is InChI=1S/C11H22N2/c1-10(2)13-7-5-6-11(9-13)8-12(3)4/h6,10H,5,7-9H2,1-4H3. The largest absolute Gasteiger partial charge is 0.305 e. The Morgan fingerprint density at radius 3 is 2.69 bits per heavy atom. The van der Waals surface area contributed by atoms with Crippen LogP contribution in [0.3, 0.4) is 0 Å². The van der Waals surface area contributed by atoms with Crippen molar-refractivity contribution in [2.24, 2.45) is 0 Å². The molecule has 0 fully saturated rings. The molecule has 0 aliphatic carbocycles. The second-order valence-corrected chi connectivity index (χ2v) is 4.45. The summed E-state index contributed by atoms with van der Waals surface area (Å²) in [6, 6.07) is 0.686. The van der Waals surface area contributed by atoms with Crippen molar-refractivity contribution >= 4 is 0 Å². The first-order valence-electron chi connectivity index (χ1n) is 5.16. The van der Waals surface area contributed by atoms with Gasteiger partial charge >= 0.3 is 0 Å². The summed E-state index contributed by atoms with van der Waals surface area (Å²) >= 11 is 0. The summed E-state index contributed by atoms with van der Waals surface area (Å²) < 4.78 is 0. The van der Waals surface area contributed by atoms with Crippen molar-refractivity contribution < 1.29 is 0 Å². The van der Waals surface area contributed by atoms with E-state index in [1.54, 1.807) is 5.57 Å². The lowest BCUT2D eigenvalue weighted by atomic mass is 10.1. The third-order valence-electron chi connectivity index (χ3n) is 2.51. The Morgan fingerprint density at radius 1 is 1.46 bits per heavy atom. The van der Waals surface area contributed by atoms with E-state index in [1.165, 1.54) is 13.0 Å². The van der Waals surface area contributed by atoms with E-state index in [0.717, 1.165) is 13.1 Å². The van der Waals surface area contributed by atoms with E-state index in [-0.39, 0.29) is 0 Å². The Hall–Kier alpha value is -0.340. The van der Waals surface area contributed by atoms with Crippen LogP contribution in [0, 0.1) is 0 Å². The molecule has 0 aromatic heterocycles.